The summed E-state index contributed by atoms with van der Waals surface area (Å²) in [6.45, 7) is -0.262. The number of rotatable bonds is 4. The van der Waals surface area contributed by atoms with Crippen LogP contribution >= 0.6 is 0 Å². The minimum absolute atomic E-state index is 0.153. The van der Waals surface area contributed by atoms with Crippen LogP contribution in [0.3, 0.4) is 0 Å². The van der Waals surface area contributed by atoms with Crippen LogP contribution in [0.25, 0.3) is 11.1 Å². The van der Waals surface area contributed by atoms with Crippen molar-refractivity contribution >= 4 is 28.7 Å². The van der Waals surface area contributed by atoms with Gasteiger partial charge in [-0.1, -0.05) is 0 Å². The van der Waals surface area contributed by atoms with Crippen LogP contribution in [0.1, 0.15) is 10.4 Å². The maximum atomic E-state index is 12.0. The number of aromatic nitrogens is 1. The maximum Gasteiger partial charge on any atom is 0.338 e. The van der Waals surface area contributed by atoms with Gasteiger partial charge in [-0.3, -0.25) is 4.79 Å². The average molecular weight is 340 g/mol. The Hall–Kier alpha value is -3.55. The normalized spacial score (nSPS) is 12.2. The summed E-state index contributed by atoms with van der Waals surface area (Å²) in [5.41, 5.74) is 1.91. The SMILES string of the molecule is O=C(COC(=O)c1ccc2ncoc2c1)Nc1ccc2c(c1)OCO2. The van der Waals surface area contributed by atoms with Gasteiger partial charge in [-0.2, -0.15) is 0 Å². The van der Waals surface area contributed by atoms with Gasteiger partial charge >= 0.3 is 5.97 Å². The Morgan fingerprint density at radius 1 is 1.12 bits per heavy atom. The van der Waals surface area contributed by atoms with Crippen LogP contribution in [-0.2, 0) is 9.53 Å². The molecule has 1 aliphatic rings. The fraction of sp³-hybridized carbons (Fsp3) is 0.118. The number of benzene rings is 2. The van der Waals surface area contributed by atoms with E-state index < -0.39 is 18.5 Å². The molecule has 0 bridgehead atoms. The molecule has 1 N–H and O–H groups in total. The molecule has 1 amide bonds. The molecular weight excluding hydrogens is 328 g/mol. The van der Waals surface area contributed by atoms with Gasteiger partial charge in [0.1, 0.15) is 5.52 Å². The van der Waals surface area contributed by atoms with E-state index in [4.69, 9.17) is 18.6 Å². The summed E-state index contributed by atoms with van der Waals surface area (Å²) in [5, 5.41) is 2.62. The third kappa shape index (κ3) is 3.09. The van der Waals surface area contributed by atoms with Crippen LogP contribution in [0.15, 0.2) is 47.2 Å². The van der Waals surface area contributed by atoms with Crippen molar-refractivity contribution in [2.75, 3.05) is 18.7 Å². The lowest BCUT2D eigenvalue weighted by Gasteiger charge is -2.07. The van der Waals surface area contributed by atoms with Crippen LogP contribution in [0, 0.1) is 0 Å². The zero-order valence-electron chi connectivity index (χ0n) is 12.9. The number of oxazole rings is 1. The second-order valence-electron chi connectivity index (χ2n) is 5.23. The van der Waals surface area contributed by atoms with E-state index in [-0.39, 0.29) is 12.4 Å². The third-order valence-corrected chi connectivity index (χ3v) is 3.56. The van der Waals surface area contributed by atoms with E-state index in [0.717, 1.165) is 0 Å². The minimum Gasteiger partial charge on any atom is -0.454 e. The molecule has 1 aliphatic heterocycles. The van der Waals surface area contributed by atoms with Crippen molar-refractivity contribution in [2.45, 2.75) is 0 Å². The molecule has 2 aromatic carbocycles. The first-order chi connectivity index (χ1) is 12.2. The molecule has 8 nitrogen and oxygen atoms in total. The highest BCUT2D eigenvalue weighted by Gasteiger charge is 2.15. The highest BCUT2D eigenvalue weighted by molar-refractivity contribution is 5.97. The lowest BCUT2D eigenvalue weighted by atomic mass is 10.2. The van der Waals surface area contributed by atoms with Crippen molar-refractivity contribution < 1.29 is 28.2 Å². The van der Waals surface area contributed by atoms with Crippen LogP contribution in [0.5, 0.6) is 11.5 Å². The molecule has 8 heteroatoms. The molecule has 1 aromatic heterocycles. The molecule has 0 aliphatic carbocycles. The number of ether oxygens (including phenoxy) is 3. The molecule has 0 radical (unpaired) electrons. The van der Waals surface area contributed by atoms with Gasteiger partial charge in [-0.15, -0.1) is 0 Å². The van der Waals surface area contributed by atoms with Crippen LogP contribution in [0.4, 0.5) is 5.69 Å². The molecule has 3 aromatic rings. The highest BCUT2D eigenvalue weighted by atomic mass is 16.7. The zero-order valence-corrected chi connectivity index (χ0v) is 12.9. The fourth-order valence-corrected chi connectivity index (χ4v) is 2.37. The molecular formula is C17H12N2O6. The van der Waals surface area contributed by atoms with Crippen molar-refractivity contribution in [3.63, 3.8) is 0 Å². The van der Waals surface area contributed by atoms with Gasteiger partial charge in [0.15, 0.2) is 30.1 Å². The first-order valence-corrected chi connectivity index (χ1v) is 7.39. The Balaban J connectivity index is 1.35. The smallest absolute Gasteiger partial charge is 0.338 e. The van der Waals surface area contributed by atoms with E-state index in [1.165, 1.54) is 12.5 Å². The summed E-state index contributed by atoms with van der Waals surface area (Å²) in [6.07, 6.45) is 1.29. The van der Waals surface area contributed by atoms with E-state index in [2.05, 4.69) is 10.3 Å². The first-order valence-electron chi connectivity index (χ1n) is 7.39. The van der Waals surface area contributed by atoms with E-state index in [1.54, 1.807) is 30.3 Å². The molecule has 0 atom stereocenters. The number of nitrogens with zero attached hydrogens (tertiary/aromatic N) is 1. The van der Waals surface area contributed by atoms with E-state index in [9.17, 15) is 9.59 Å². The number of carbonyl (C=O) groups excluding carboxylic acids is 2. The summed E-state index contributed by atoms with van der Waals surface area (Å²) in [4.78, 5) is 27.9. The monoisotopic (exact) mass is 340 g/mol. The topological polar surface area (TPSA) is 99.9 Å². The standard InChI is InChI=1S/C17H12N2O6/c20-16(19-11-2-4-13-15(6-11)25-9-24-13)7-22-17(21)10-1-3-12-14(5-10)23-8-18-12/h1-6,8H,7,9H2,(H,19,20). The number of amides is 1. The number of carbonyl (C=O) groups is 2. The molecule has 2 heterocycles. The van der Waals surface area contributed by atoms with Gasteiger partial charge in [0.2, 0.25) is 6.79 Å². The Bertz CT molecular complexity index is 965. The van der Waals surface area contributed by atoms with Crippen LogP contribution < -0.4 is 14.8 Å². The fourth-order valence-electron chi connectivity index (χ4n) is 2.37. The van der Waals surface area contributed by atoms with Gasteiger partial charge in [0, 0.05) is 11.8 Å². The Kier molecular flexibility index (Phi) is 3.70. The van der Waals surface area contributed by atoms with E-state index >= 15 is 0 Å². The molecule has 0 saturated heterocycles. The second kappa shape index (κ2) is 6.16. The lowest BCUT2D eigenvalue weighted by Crippen LogP contribution is -2.20. The predicted molar refractivity (Wildman–Crippen MR) is 85.5 cm³/mol. The summed E-state index contributed by atoms with van der Waals surface area (Å²) >= 11 is 0. The van der Waals surface area contributed by atoms with Gasteiger partial charge in [-0.25, -0.2) is 9.78 Å². The van der Waals surface area contributed by atoms with Crippen LogP contribution in [0.2, 0.25) is 0 Å². The predicted octanol–water partition coefficient (Wildman–Crippen LogP) is 2.35. The Labute approximate surface area is 141 Å². The quantitative estimate of drug-likeness (QED) is 0.728. The number of hydrogen-bond acceptors (Lipinski definition) is 7. The van der Waals surface area contributed by atoms with Gasteiger partial charge in [-0.05, 0) is 30.3 Å². The number of hydrogen-bond donors (Lipinski definition) is 1. The molecule has 0 unspecified atom stereocenters. The Morgan fingerprint density at radius 2 is 2.00 bits per heavy atom. The molecule has 25 heavy (non-hydrogen) atoms. The first kappa shape index (κ1) is 15.0. The number of anilines is 1. The van der Waals surface area contributed by atoms with E-state index in [0.29, 0.717) is 28.3 Å². The molecule has 4 rings (SSSR count). The maximum absolute atomic E-state index is 12.0. The molecule has 0 saturated carbocycles. The van der Waals surface area contributed by atoms with E-state index in [1.807, 2.05) is 0 Å². The van der Waals surface area contributed by atoms with Crippen molar-refractivity contribution in [2.24, 2.45) is 0 Å². The largest absolute Gasteiger partial charge is 0.454 e. The third-order valence-electron chi connectivity index (χ3n) is 3.56. The average Bonchev–Trinajstić information content (AvgIpc) is 3.27. The summed E-state index contributed by atoms with van der Waals surface area (Å²) in [6, 6.07) is 9.72. The highest BCUT2D eigenvalue weighted by Crippen LogP contribution is 2.34. The minimum atomic E-state index is -0.626. The van der Waals surface area contributed by atoms with Gasteiger partial charge in [0.25, 0.3) is 5.91 Å². The van der Waals surface area contributed by atoms with Gasteiger partial charge in [0.05, 0.1) is 5.56 Å². The van der Waals surface area contributed by atoms with Crippen molar-refractivity contribution in [1.29, 1.82) is 0 Å². The Morgan fingerprint density at radius 3 is 2.92 bits per heavy atom. The number of nitrogens with one attached hydrogen (secondary N) is 1. The second-order valence-corrected chi connectivity index (χ2v) is 5.23. The molecule has 126 valence electrons. The summed E-state index contributed by atoms with van der Waals surface area (Å²) in [7, 11) is 0. The number of fused-ring (bicyclic) bond motifs is 2. The molecule has 0 fully saturated rings. The zero-order chi connectivity index (χ0) is 17.2. The van der Waals surface area contributed by atoms with Crippen molar-refractivity contribution in [3.05, 3.63) is 48.4 Å². The summed E-state index contributed by atoms with van der Waals surface area (Å²) < 4.78 is 20.6. The van der Waals surface area contributed by atoms with Crippen molar-refractivity contribution in [3.8, 4) is 11.5 Å². The molecule has 0 spiro atoms. The summed E-state index contributed by atoms with van der Waals surface area (Å²) in [5.74, 6) is 0.0782. The van der Waals surface area contributed by atoms with Gasteiger partial charge < -0.3 is 23.9 Å². The van der Waals surface area contributed by atoms with Crippen molar-refractivity contribution in [1.82, 2.24) is 4.98 Å². The lowest BCUT2D eigenvalue weighted by molar-refractivity contribution is -0.119. The van der Waals surface area contributed by atoms with Crippen LogP contribution in [-0.4, -0.2) is 30.3 Å². The number of esters is 1.